The summed E-state index contributed by atoms with van der Waals surface area (Å²) in [5, 5.41) is 0. The van der Waals surface area contributed by atoms with Gasteiger partial charge in [-0.15, -0.1) is 0 Å². The van der Waals surface area contributed by atoms with Crippen LogP contribution in [-0.2, 0) is 0 Å². The van der Waals surface area contributed by atoms with Crippen LogP contribution in [0.15, 0.2) is 0 Å². The van der Waals surface area contributed by atoms with Gasteiger partial charge in [-0.25, -0.2) is 0 Å². The Kier molecular flexibility index (Phi) is 7.92. The maximum absolute atomic E-state index is 6.26. The maximum atomic E-state index is 6.26. The predicted molar refractivity (Wildman–Crippen MR) is 80.9 cm³/mol. The average Bonchev–Trinajstić information content (AvgIpc) is 2.30. The van der Waals surface area contributed by atoms with Crippen molar-refractivity contribution in [2.45, 2.75) is 83.6 Å². The third-order valence-electron chi connectivity index (χ3n) is 4.15. The van der Waals surface area contributed by atoms with Crippen molar-refractivity contribution in [2.24, 2.45) is 5.73 Å². The minimum Gasteiger partial charge on any atom is -0.323 e. The second-order valence-corrected chi connectivity index (χ2v) is 6.30. The summed E-state index contributed by atoms with van der Waals surface area (Å²) in [6.07, 6.45) is 13.7. The average molecular weight is 254 g/mol. The van der Waals surface area contributed by atoms with Crippen molar-refractivity contribution in [3.63, 3.8) is 0 Å². The Bertz CT molecular complexity index is 197. The molecule has 0 spiro atoms. The Morgan fingerprint density at radius 2 is 1.39 bits per heavy atom. The van der Waals surface area contributed by atoms with E-state index in [1.54, 1.807) is 0 Å². The third kappa shape index (κ3) is 6.19. The fourth-order valence-electron chi connectivity index (χ4n) is 3.13. The van der Waals surface area contributed by atoms with E-state index in [1.807, 2.05) is 0 Å². The maximum Gasteiger partial charge on any atom is 0.0412 e. The quantitative estimate of drug-likeness (QED) is 0.566. The standard InChI is InChI=1S/C16H34N2/c1-3-5-6-7-8-9-10-11-13-18-14-16(17,15-18)12-4-2/h3-15,17H2,1-2H3. The molecule has 2 N–H and O–H groups in total. The summed E-state index contributed by atoms with van der Waals surface area (Å²) >= 11 is 0. The lowest BCUT2D eigenvalue weighted by atomic mass is 9.86. The van der Waals surface area contributed by atoms with Gasteiger partial charge in [0.1, 0.15) is 0 Å². The van der Waals surface area contributed by atoms with Crippen LogP contribution in [0.1, 0.15) is 78.1 Å². The first-order valence-electron chi connectivity index (χ1n) is 8.21. The summed E-state index contributed by atoms with van der Waals surface area (Å²) in [5.41, 5.74) is 6.42. The van der Waals surface area contributed by atoms with Crippen LogP contribution in [0.25, 0.3) is 0 Å². The molecule has 2 nitrogen and oxygen atoms in total. The first-order chi connectivity index (χ1) is 8.70. The monoisotopic (exact) mass is 254 g/mol. The number of hydrogen-bond donors (Lipinski definition) is 1. The van der Waals surface area contributed by atoms with Gasteiger partial charge in [-0.2, -0.15) is 0 Å². The molecule has 0 atom stereocenters. The Morgan fingerprint density at radius 1 is 0.833 bits per heavy atom. The summed E-state index contributed by atoms with van der Waals surface area (Å²) in [7, 11) is 0. The van der Waals surface area contributed by atoms with Gasteiger partial charge in [0.2, 0.25) is 0 Å². The molecule has 1 aliphatic heterocycles. The van der Waals surface area contributed by atoms with Crippen LogP contribution in [0, 0.1) is 0 Å². The second kappa shape index (κ2) is 8.92. The van der Waals surface area contributed by atoms with Crippen LogP contribution >= 0.6 is 0 Å². The molecule has 0 aromatic carbocycles. The molecule has 0 aliphatic carbocycles. The lowest BCUT2D eigenvalue weighted by molar-refractivity contribution is 0.0623. The number of nitrogens with two attached hydrogens (primary N) is 1. The summed E-state index contributed by atoms with van der Waals surface area (Å²) < 4.78 is 0. The van der Waals surface area contributed by atoms with E-state index >= 15 is 0 Å². The highest BCUT2D eigenvalue weighted by Crippen LogP contribution is 2.23. The van der Waals surface area contributed by atoms with Crippen molar-refractivity contribution in [1.29, 1.82) is 0 Å². The van der Waals surface area contributed by atoms with Gasteiger partial charge in [-0.3, -0.25) is 4.90 Å². The Morgan fingerprint density at radius 3 is 1.94 bits per heavy atom. The molecule has 0 amide bonds. The van der Waals surface area contributed by atoms with E-state index in [4.69, 9.17) is 5.73 Å². The van der Waals surface area contributed by atoms with Crippen molar-refractivity contribution in [3.8, 4) is 0 Å². The smallest absolute Gasteiger partial charge is 0.0412 e. The molecule has 1 heterocycles. The molecular weight excluding hydrogens is 220 g/mol. The van der Waals surface area contributed by atoms with Crippen LogP contribution in [0.4, 0.5) is 0 Å². The van der Waals surface area contributed by atoms with E-state index in [-0.39, 0.29) is 5.54 Å². The zero-order valence-corrected chi connectivity index (χ0v) is 12.7. The minimum absolute atomic E-state index is 0.162. The van der Waals surface area contributed by atoms with E-state index in [0.29, 0.717) is 0 Å². The van der Waals surface area contributed by atoms with Gasteiger partial charge in [0.25, 0.3) is 0 Å². The topological polar surface area (TPSA) is 29.3 Å². The predicted octanol–water partition coefficient (Wildman–Crippen LogP) is 3.94. The zero-order valence-electron chi connectivity index (χ0n) is 12.7. The minimum atomic E-state index is 0.162. The van der Waals surface area contributed by atoms with Crippen molar-refractivity contribution < 1.29 is 0 Å². The highest BCUT2D eigenvalue weighted by atomic mass is 15.2. The van der Waals surface area contributed by atoms with E-state index in [1.165, 1.54) is 70.8 Å². The fraction of sp³-hybridized carbons (Fsp3) is 1.00. The summed E-state index contributed by atoms with van der Waals surface area (Å²) in [5.74, 6) is 0. The molecule has 18 heavy (non-hydrogen) atoms. The van der Waals surface area contributed by atoms with Gasteiger partial charge in [0, 0.05) is 18.6 Å². The molecule has 108 valence electrons. The van der Waals surface area contributed by atoms with Crippen LogP contribution < -0.4 is 5.73 Å². The second-order valence-electron chi connectivity index (χ2n) is 6.30. The zero-order chi connectivity index (χ0) is 13.3. The summed E-state index contributed by atoms with van der Waals surface area (Å²) in [6, 6.07) is 0. The number of unbranched alkanes of at least 4 members (excludes halogenated alkanes) is 7. The van der Waals surface area contributed by atoms with Gasteiger partial charge in [-0.05, 0) is 19.4 Å². The van der Waals surface area contributed by atoms with Crippen LogP contribution in [0.3, 0.4) is 0 Å². The van der Waals surface area contributed by atoms with Gasteiger partial charge in [-0.1, -0.05) is 65.2 Å². The molecule has 0 aromatic heterocycles. The summed E-state index contributed by atoms with van der Waals surface area (Å²) in [4.78, 5) is 2.53. The number of likely N-dealkylation sites (tertiary alicyclic amines) is 1. The third-order valence-corrected chi connectivity index (χ3v) is 4.15. The SMILES string of the molecule is CCCCCCCCCCN1CC(N)(CCC)C1. The van der Waals surface area contributed by atoms with E-state index in [0.717, 1.165) is 13.1 Å². The molecule has 0 bridgehead atoms. The van der Waals surface area contributed by atoms with E-state index < -0.39 is 0 Å². The highest BCUT2D eigenvalue weighted by molar-refractivity contribution is 4.99. The molecule has 0 aromatic rings. The van der Waals surface area contributed by atoms with Gasteiger partial charge in [0.05, 0.1) is 0 Å². The number of hydrogen-bond acceptors (Lipinski definition) is 2. The van der Waals surface area contributed by atoms with Gasteiger partial charge in [0.15, 0.2) is 0 Å². The summed E-state index contributed by atoms with van der Waals surface area (Å²) in [6.45, 7) is 8.06. The molecular formula is C16H34N2. The van der Waals surface area contributed by atoms with E-state index in [9.17, 15) is 0 Å². The number of nitrogens with zero attached hydrogens (tertiary/aromatic N) is 1. The van der Waals surface area contributed by atoms with Crippen LogP contribution in [-0.4, -0.2) is 30.1 Å². The Balaban J connectivity index is 1.83. The number of rotatable bonds is 11. The molecule has 0 saturated carbocycles. The molecule has 0 radical (unpaired) electrons. The lowest BCUT2D eigenvalue weighted by Crippen LogP contribution is -2.67. The molecule has 1 rings (SSSR count). The van der Waals surface area contributed by atoms with Crippen LogP contribution in [0.5, 0.6) is 0 Å². The normalized spacial score (nSPS) is 18.8. The van der Waals surface area contributed by atoms with Crippen molar-refractivity contribution >= 4 is 0 Å². The van der Waals surface area contributed by atoms with Gasteiger partial charge >= 0.3 is 0 Å². The first kappa shape index (κ1) is 16.0. The Hall–Kier alpha value is -0.0800. The first-order valence-corrected chi connectivity index (χ1v) is 8.21. The highest BCUT2D eigenvalue weighted by Gasteiger charge is 2.37. The molecule has 0 unspecified atom stereocenters. The lowest BCUT2D eigenvalue weighted by Gasteiger charge is -2.48. The largest absolute Gasteiger partial charge is 0.323 e. The van der Waals surface area contributed by atoms with Crippen LogP contribution in [0.2, 0.25) is 0 Å². The molecule has 2 heteroatoms. The molecule has 1 aliphatic rings. The van der Waals surface area contributed by atoms with E-state index in [2.05, 4.69) is 18.7 Å². The molecule has 1 saturated heterocycles. The van der Waals surface area contributed by atoms with Crippen molar-refractivity contribution in [1.82, 2.24) is 4.90 Å². The Labute approximate surface area is 114 Å². The molecule has 1 fully saturated rings. The van der Waals surface area contributed by atoms with Crippen molar-refractivity contribution in [2.75, 3.05) is 19.6 Å². The fourth-order valence-corrected chi connectivity index (χ4v) is 3.13. The van der Waals surface area contributed by atoms with Crippen molar-refractivity contribution in [3.05, 3.63) is 0 Å². The van der Waals surface area contributed by atoms with Gasteiger partial charge < -0.3 is 5.73 Å².